The lowest BCUT2D eigenvalue weighted by atomic mass is 10.3. The number of hydrogen-bond acceptors (Lipinski definition) is 4. The van der Waals surface area contributed by atoms with E-state index in [0.717, 1.165) is 18.7 Å². The molecule has 0 aromatic carbocycles. The van der Waals surface area contributed by atoms with E-state index in [-0.39, 0.29) is 5.97 Å². The molecule has 1 N–H and O–H groups in total. The van der Waals surface area contributed by atoms with Gasteiger partial charge in [-0.2, -0.15) is 5.10 Å². The van der Waals surface area contributed by atoms with Crippen LogP contribution in [0, 0.1) is 0 Å². The Morgan fingerprint density at radius 2 is 2.53 bits per heavy atom. The second-order valence-electron chi connectivity index (χ2n) is 3.04. The first-order valence-electron chi connectivity index (χ1n) is 4.69. The molecular weight excluding hydrogens is 194 g/mol. The maximum absolute atomic E-state index is 10.7. The van der Waals surface area contributed by atoms with Gasteiger partial charge in [-0.3, -0.25) is 4.68 Å². The molecule has 0 atom stereocenters. The third-order valence-electron chi connectivity index (χ3n) is 1.83. The third-order valence-corrected chi connectivity index (χ3v) is 1.83. The van der Waals surface area contributed by atoms with E-state index in [0.29, 0.717) is 0 Å². The number of aryl methyl sites for hydroxylation is 1. The molecule has 1 rings (SSSR count). The van der Waals surface area contributed by atoms with E-state index < -0.39 is 0 Å². The Labute approximate surface area is 88.7 Å². The van der Waals surface area contributed by atoms with Gasteiger partial charge in [0.1, 0.15) is 0 Å². The molecule has 0 unspecified atom stereocenters. The number of ether oxygens (including phenoxy) is 1. The number of esters is 1. The minimum absolute atomic E-state index is 0.361. The van der Waals surface area contributed by atoms with Gasteiger partial charge in [0.15, 0.2) is 0 Å². The van der Waals surface area contributed by atoms with Crippen molar-refractivity contribution in [2.45, 2.75) is 6.42 Å². The summed E-state index contributed by atoms with van der Waals surface area (Å²) in [5.74, 6) is -0.361. The normalized spacial score (nSPS) is 10.5. The van der Waals surface area contributed by atoms with Gasteiger partial charge in [-0.05, 0) is 6.07 Å². The fraction of sp³-hybridized carbons (Fsp3) is 0.400. The molecular formula is C10H15N3O2. The molecule has 0 spiro atoms. The highest BCUT2D eigenvalue weighted by Crippen LogP contribution is 1.93. The molecule has 82 valence electrons. The predicted molar refractivity (Wildman–Crippen MR) is 56.1 cm³/mol. The van der Waals surface area contributed by atoms with E-state index >= 15 is 0 Å². The Morgan fingerprint density at radius 1 is 1.73 bits per heavy atom. The van der Waals surface area contributed by atoms with Crippen molar-refractivity contribution in [1.82, 2.24) is 15.1 Å². The minimum atomic E-state index is -0.361. The molecule has 1 aromatic heterocycles. The van der Waals surface area contributed by atoms with E-state index in [9.17, 15) is 4.79 Å². The number of nitrogens with zero attached hydrogens (tertiary/aromatic N) is 2. The molecule has 1 aromatic rings. The summed E-state index contributed by atoms with van der Waals surface area (Å²) >= 11 is 0. The first-order valence-corrected chi connectivity index (χ1v) is 4.69. The zero-order valence-corrected chi connectivity index (χ0v) is 8.93. The fourth-order valence-electron chi connectivity index (χ4n) is 1.08. The van der Waals surface area contributed by atoms with Gasteiger partial charge in [0.25, 0.3) is 0 Å². The van der Waals surface area contributed by atoms with Crippen LogP contribution in [-0.2, 0) is 23.0 Å². The van der Waals surface area contributed by atoms with Crippen molar-refractivity contribution < 1.29 is 9.53 Å². The van der Waals surface area contributed by atoms with Crippen molar-refractivity contribution in [2.75, 3.05) is 13.7 Å². The first kappa shape index (κ1) is 11.3. The predicted octanol–water partition coefficient (Wildman–Crippen LogP) is 0.239. The van der Waals surface area contributed by atoms with Gasteiger partial charge in [0.05, 0.1) is 12.8 Å². The first-order chi connectivity index (χ1) is 7.22. The van der Waals surface area contributed by atoms with Crippen LogP contribution in [0.25, 0.3) is 0 Å². The molecule has 5 heteroatoms. The summed E-state index contributed by atoms with van der Waals surface area (Å²) in [5, 5.41) is 7.20. The zero-order valence-electron chi connectivity index (χ0n) is 8.93. The van der Waals surface area contributed by atoms with Gasteiger partial charge in [-0.25, -0.2) is 4.79 Å². The SMILES string of the molecule is COC(=O)/C=C/NCCc1ccn(C)n1. The minimum Gasteiger partial charge on any atom is -0.466 e. The summed E-state index contributed by atoms with van der Waals surface area (Å²) in [6.45, 7) is 0.741. The van der Waals surface area contributed by atoms with Gasteiger partial charge in [-0.1, -0.05) is 0 Å². The molecule has 5 nitrogen and oxygen atoms in total. The van der Waals surface area contributed by atoms with Crippen LogP contribution < -0.4 is 5.32 Å². The molecule has 1 heterocycles. The van der Waals surface area contributed by atoms with Crippen molar-refractivity contribution in [3.63, 3.8) is 0 Å². The van der Waals surface area contributed by atoms with E-state index in [2.05, 4.69) is 15.2 Å². The van der Waals surface area contributed by atoms with E-state index in [1.165, 1.54) is 13.2 Å². The number of aromatic nitrogens is 2. The topological polar surface area (TPSA) is 56.1 Å². The average Bonchev–Trinajstić information content (AvgIpc) is 2.63. The van der Waals surface area contributed by atoms with Crippen LogP contribution in [0.3, 0.4) is 0 Å². The Morgan fingerprint density at radius 3 is 3.13 bits per heavy atom. The highest BCUT2D eigenvalue weighted by Gasteiger charge is 1.94. The second-order valence-corrected chi connectivity index (χ2v) is 3.04. The maximum Gasteiger partial charge on any atom is 0.331 e. The third kappa shape index (κ3) is 4.30. The van der Waals surface area contributed by atoms with Gasteiger partial charge in [-0.15, -0.1) is 0 Å². The summed E-state index contributed by atoms with van der Waals surface area (Å²) in [7, 11) is 3.23. The van der Waals surface area contributed by atoms with Crippen molar-refractivity contribution in [2.24, 2.45) is 7.05 Å². The van der Waals surface area contributed by atoms with Crippen LogP contribution in [0.1, 0.15) is 5.69 Å². The van der Waals surface area contributed by atoms with Crippen molar-refractivity contribution in [1.29, 1.82) is 0 Å². The monoisotopic (exact) mass is 209 g/mol. The lowest BCUT2D eigenvalue weighted by molar-refractivity contribution is -0.134. The van der Waals surface area contributed by atoms with Crippen molar-refractivity contribution >= 4 is 5.97 Å². The lowest BCUT2D eigenvalue weighted by Crippen LogP contribution is -2.11. The number of nitrogens with one attached hydrogen (secondary N) is 1. The smallest absolute Gasteiger partial charge is 0.331 e. The summed E-state index contributed by atoms with van der Waals surface area (Å²) in [6.07, 6.45) is 5.65. The number of carbonyl (C=O) groups is 1. The number of carbonyl (C=O) groups excluding carboxylic acids is 1. The summed E-state index contributed by atoms with van der Waals surface area (Å²) in [4.78, 5) is 10.7. The van der Waals surface area contributed by atoms with Gasteiger partial charge in [0.2, 0.25) is 0 Å². The average molecular weight is 209 g/mol. The van der Waals surface area contributed by atoms with Gasteiger partial charge < -0.3 is 10.1 Å². The van der Waals surface area contributed by atoms with Crippen LogP contribution in [-0.4, -0.2) is 29.4 Å². The highest BCUT2D eigenvalue weighted by atomic mass is 16.5. The zero-order chi connectivity index (χ0) is 11.1. The maximum atomic E-state index is 10.7. The van der Waals surface area contributed by atoms with Crippen LogP contribution >= 0.6 is 0 Å². The molecule has 0 bridgehead atoms. The van der Waals surface area contributed by atoms with E-state index in [1.54, 1.807) is 10.9 Å². The molecule has 15 heavy (non-hydrogen) atoms. The molecule has 0 amide bonds. The number of hydrogen-bond donors (Lipinski definition) is 1. The standard InChI is InChI=1S/C10H15N3O2/c1-13-8-5-9(12-13)3-6-11-7-4-10(14)15-2/h4-5,7-8,11H,3,6H2,1-2H3/b7-4+. The Bertz CT molecular complexity index is 344. The van der Waals surface area contributed by atoms with E-state index in [1.807, 2.05) is 19.3 Å². The van der Waals surface area contributed by atoms with Crippen LogP contribution in [0.4, 0.5) is 0 Å². The quantitative estimate of drug-likeness (QED) is 0.429. The Kier molecular flexibility index (Phi) is 4.40. The summed E-state index contributed by atoms with van der Waals surface area (Å²) in [6, 6.07) is 1.96. The summed E-state index contributed by atoms with van der Waals surface area (Å²) in [5.41, 5.74) is 1.02. The molecule has 0 radical (unpaired) electrons. The highest BCUT2D eigenvalue weighted by molar-refractivity contribution is 5.81. The van der Waals surface area contributed by atoms with Gasteiger partial charge >= 0.3 is 5.97 Å². The molecule has 0 saturated heterocycles. The Hall–Kier alpha value is -1.78. The Balaban J connectivity index is 2.17. The molecule has 0 aliphatic carbocycles. The number of rotatable bonds is 5. The number of methoxy groups -OCH3 is 1. The van der Waals surface area contributed by atoms with Crippen LogP contribution in [0.2, 0.25) is 0 Å². The van der Waals surface area contributed by atoms with Crippen LogP contribution in [0.15, 0.2) is 24.5 Å². The van der Waals surface area contributed by atoms with Crippen LogP contribution in [0.5, 0.6) is 0 Å². The molecule has 0 fully saturated rings. The lowest BCUT2D eigenvalue weighted by Gasteiger charge is -1.97. The second kappa shape index (κ2) is 5.85. The van der Waals surface area contributed by atoms with Crippen molar-refractivity contribution in [3.8, 4) is 0 Å². The largest absolute Gasteiger partial charge is 0.466 e. The van der Waals surface area contributed by atoms with E-state index in [4.69, 9.17) is 0 Å². The van der Waals surface area contributed by atoms with Gasteiger partial charge in [0, 0.05) is 38.5 Å². The fourth-order valence-corrected chi connectivity index (χ4v) is 1.08. The molecule has 0 aliphatic heterocycles. The summed E-state index contributed by atoms with van der Waals surface area (Å²) < 4.78 is 6.20. The molecule has 0 saturated carbocycles. The molecule has 0 aliphatic rings. The van der Waals surface area contributed by atoms with Crippen molar-refractivity contribution in [3.05, 3.63) is 30.2 Å².